The molecule has 10 heteroatoms. The summed E-state index contributed by atoms with van der Waals surface area (Å²) < 4.78 is 26.7. The Kier molecular flexibility index (Phi) is 4.69. The number of rotatable bonds is 5. The highest BCUT2D eigenvalue weighted by molar-refractivity contribution is 7.92. The number of nitrogens with one attached hydrogen (secondary N) is 1. The molecule has 0 aliphatic rings. The highest BCUT2D eigenvalue weighted by atomic mass is 32.2. The summed E-state index contributed by atoms with van der Waals surface area (Å²) in [6, 6.07) is 9.10. The topological polar surface area (TPSA) is 130 Å². The maximum atomic E-state index is 12.3. The summed E-state index contributed by atoms with van der Waals surface area (Å²) in [6.45, 7) is 1.80. The molecule has 0 fully saturated rings. The third kappa shape index (κ3) is 4.06. The molecular formula is C13H13BN2O6S. The van der Waals surface area contributed by atoms with E-state index in [9.17, 15) is 18.5 Å². The van der Waals surface area contributed by atoms with E-state index >= 15 is 0 Å². The maximum absolute atomic E-state index is 12.3. The van der Waals surface area contributed by atoms with Gasteiger partial charge in [-0.15, -0.1) is 0 Å². The smallest absolute Gasteiger partial charge is 0.423 e. The van der Waals surface area contributed by atoms with Gasteiger partial charge in [0.05, 0.1) is 15.5 Å². The molecule has 0 aliphatic heterocycles. The lowest BCUT2D eigenvalue weighted by molar-refractivity contribution is -0.384. The zero-order valence-corrected chi connectivity index (χ0v) is 12.8. The Morgan fingerprint density at radius 2 is 1.74 bits per heavy atom. The zero-order chi connectivity index (χ0) is 17.2. The molecule has 0 unspecified atom stereocenters. The molecule has 0 aliphatic carbocycles. The van der Waals surface area contributed by atoms with Gasteiger partial charge in [0, 0.05) is 12.1 Å². The molecule has 2 aromatic rings. The van der Waals surface area contributed by atoms with E-state index in [0.29, 0.717) is 0 Å². The first kappa shape index (κ1) is 16.9. The number of nitro benzene ring substituents is 1. The molecule has 0 heterocycles. The number of anilines is 1. The van der Waals surface area contributed by atoms with Crippen molar-refractivity contribution in [1.29, 1.82) is 0 Å². The van der Waals surface area contributed by atoms with Gasteiger partial charge in [-0.2, -0.15) is 0 Å². The van der Waals surface area contributed by atoms with Gasteiger partial charge in [-0.3, -0.25) is 14.8 Å². The van der Waals surface area contributed by atoms with Crippen LogP contribution < -0.4 is 10.2 Å². The first-order chi connectivity index (χ1) is 10.7. The lowest BCUT2D eigenvalue weighted by atomic mass is 9.80. The third-order valence-corrected chi connectivity index (χ3v) is 4.43. The van der Waals surface area contributed by atoms with E-state index in [1.54, 1.807) is 19.1 Å². The van der Waals surface area contributed by atoms with Crippen LogP contribution in [0.25, 0.3) is 0 Å². The summed E-state index contributed by atoms with van der Waals surface area (Å²) in [5, 5.41) is 29.2. The van der Waals surface area contributed by atoms with E-state index in [2.05, 4.69) is 4.72 Å². The number of aryl methyl sites for hydroxylation is 1. The van der Waals surface area contributed by atoms with Crippen LogP contribution in [0.3, 0.4) is 0 Å². The summed E-state index contributed by atoms with van der Waals surface area (Å²) in [4.78, 5) is 10.1. The third-order valence-electron chi connectivity index (χ3n) is 3.03. The molecular weight excluding hydrogens is 323 g/mol. The molecule has 0 saturated carbocycles. The van der Waals surface area contributed by atoms with E-state index in [0.717, 1.165) is 23.8 Å². The molecule has 0 amide bonds. The average Bonchev–Trinajstić information content (AvgIpc) is 2.46. The fourth-order valence-electron chi connectivity index (χ4n) is 1.88. The van der Waals surface area contributed by atoms with Crippen molar-refractivity contribution in [2.24, 2.45) is 0 Å². The summed E-state index contributed by atoms with van der Waals surface area (Å²) in [7, 11) is -5.91. The van der Waals surface area contributed by atoms with Crippen LogP contribution in [0, 0.1) is 17.0 Å². The molecule has 23 heavy (non-hydrogen) atoms. The Bertz CT molecular complexity index is 836. The summed E-state index contributed by atoms with van der Waals surface area (Å²) in [6.07, 6.45) is 0. The summed E-state index contributed by atoms with van der Waals surface area (Å²) in [5.41, 5.74) is 0.0888. The van der Waals surface area contributed by atoms with Crippen LogP contribution in [0.1, 0.15) is 5.56 Å². The second kappa shape index (κ2) is 6.36. The van der Waals surface area contributed by atoms with Crippen molar-refractivity contribution in [1.82, 2.24) is 0 Å². The Morgan fingerprint density at radius 1 is 1.13 bits per heavy atom. The molecule has 0 saturated heterocycles. The minimum atomic E-state index is -3.95. The second-order valence-corrected chi connectivity index (χ2v) is 6.54. The number of non-ortho nitro benzene ring substituents is 1. The first-order valence-corrected chi connectivity index (χ1v) is 7.92. The molecule has 120 valence electrons. The molecule has 0 bridgehead atoms. The Labute approximate surface area is 132 Å². The van der Waals surface area contributed by atoms with Crippen LogP contribution in [0.5, 0.6) is 0 Å². The Morgan fingerprint density at radius 3 is 2.26 bits per heavy atom. The number of nitro groups is 1. The van der Waals surface area contributed by atoms with Gasteiger partial charge in [0.2, 0.25) is 0 Å². The minimum absolute atomic E-state index is 0.0132. The van der Waals surface area contributed by atoms with Crippen LogP contribution in [0.4, 0.5) is 11.4 Å². The van der Waals surface area contributed by atoms with E-state index in [1.807, 2.05) is 0 Å². The van der Waals surface area contributed by atoms with E-state index in [-0.39, 0.29) is 16.0 Å². The number of benzene rings is 2. The Balaban J connectivity index is 2.42. The standard InChI is InChI=1S/C13H13BN2O6S/c1-9-2-4-13(5-3-9)23(21,22)15-11-6-10(14(17)18)7-12(8-11)16(19)20/h2-8,15,17-18H,1H3. The number of sulfonamides is 1. The molecule has 0 atom stereocenters. The quantitative estimate of drug-likeness (QED) is 0.411. The predicted molar refractivity (Wildman–Crippen MR) is 84.9 cm³/mol. The van der Waals surface area contributed by atoms with Gasteiger partial charge in [0.15, 0.2) is 0 Å². The fourth-order valence-corrected chi connectivity index (χ4v) is 2.92. The monoisotopic (exact) mass is 336 g/mol. The molecule has 8 nitrogen and oxygen atoms in total. The molecule has 0 aromatic heterocycles. The van der Waals surface area contributed by atoms with Crippen LogP contribution in [0.2, 0.25) is 0 Å². The van der Waals surface area contributed by atoms with Crippen molar-refractivity contribution >= 4 is 34.0 Å². The minimum Gasteiger partial charge on any atom is -0.423 e. The van der Waals surface area contributed by atoms with Crippen molar-refractivity contribution < 1.29 is 23.4 Å². The van der Waals surface area contributed by atoms with Crippen molar-refractivity contribution in [2.45, 2.75) is 11.8 Å². The SMILES string of the molecule is Cc1ccc(S(=O)(=O)Nc2cc(B(O)O)cc([N+](=O)[O-])c2)cc1. The van der Waals surface area contributed by atoms with Crippen molar-refractivity contribution in [3.8, 4) is 0 Å². The molecule has 0 spiro atoms. The summed E-state index contributed by atoms with van der Waals surface area (Å²) in [5.74, 6) is 0. The largest absolute Gasteiger partial charge is 0.488 e. The van der Waals surface area contributed by atoms with E-state index < -0.39 is 27.8 Å². The van der Waals surface area contributed by atoms with Crippen LogP contribution in [0.15, 0.2) is 47.4 Å². The van der Waals surface area contributed by atoms with Gasteiger partial charge < -0.3 is 10.0 Å². The van der Waals surface area contributed by atoms with E-state index in [4.69, 9.17) is 10.0 Å². The van der Waals surface area contributed by atoms with Crippen LogP contribution in [-0.4, -0.2) is 30.5 Å². The van der Waals surface area contributed by atoms with Crippen molar-refractivity contribution in [2.75, 3.05) is 4.72 Å². The number of hydrogen-bond acceptors (Lipinski definition) is 6. The van der Waals surface area contributed by atoms with E-state index in [1.165, 1.54) is 12.1 Å². The lowest BCUT2D eigenvalue weighted by Crippen LogP contribution is -2.30. The lowest BCUT2D eigenvalue weighted by Gasteiger charge is -2.10. The van der Waals surface area contributed by atoms with Crippen LogP contribution in [-0.2, 0) is 10.0 Å². The predicted octanol–water partition coefficient (Wildman–Crippen LogP) is 0.384. The normalized spacial score (nSPS) is 11.1. The zero-order valence-electron chi connectivity index (χ0n) is 12.0. The van der Waals surface area contributed by atoms with Crippen molar-refractivity contribution in [3.63, 3.8) is 0 Å². The van der Waals surface area contributed by atoms with Gasteiger partial charge in [-0.25, -0.2) is 8.42 Å². The highest BCUT2D eigenvalue weighted by Gasteiger charge is 2.20. The number of nitrogens with zero attached hydrogens (tertiary/aromatic N) is 1. The number of hydrogen-bond donors (Lipinski definition) is 3. The Hall–Kier alpha value is -2.43. The molecule has 2 aromatic carbocycles. The van der Waals surface area contributed by atoms with Gasteiger partial charge in [0.25, 0.3) is 15.7 Å². The average molecular weight is 336 g/mol. The second-order valence-electron chi connectivity index (χ2n) is 4.86. The first-order valence-electron chi connectivity index (χ1n) is 6.44. The fraction of sp³-hybridized carbons (Fsp3) is 0.0769. The molecule has 2 rings (SSSR count). The van der Waals surface area contributed by atoms with Gasteiger partial charge in [-0.1, -0.05) is 17.7 Å². The van der Waals surface area contributed by atoms with Crippen molar-refractivity contribution in [3.05, 3.63) is 58.1 Å². The maximum Gasteiger partial charge on any atom is 0.488 e. The molecule has 3 N–H and O–H groups in total. The highest BCUT2D eigenvalue weighted by Crippen LogP contribution is 2.20. The summed E-state index contributed by atoms with van der Waals surface area (Å²) >= 11 is 0. The van der Waals surface area contributed by atoms with Gasteiger partial charge in [0.1, 0.15) is 0 Å². The molecule has 0 radical (unpaired) electrons. The van der Waals surface area contributed by atoms with Crippen LogP contribution >= 0.6 is 0 Å². The van der Waals surface area contributed by atoms with Gasteiger partial charge >= 0.3 is 7.12 Å². The van der Waals surface area contributed by atoms with Gasteiger partial charge in [-0.05, 0) is 30.6 Å².